The van der Waals surface area contributed by atoms with Gasteiger partial charge < -0.3 is 4.57 Å². The molecule has 0 N–H and O–H groups in total. The van der Waals surface area contributed by atoms with Crippen molar-refractivity contribution in [1.29, 1.82) is 0 Å². The maximum absolute atomic E-state index is 12.1. The van der Waals surface area contributed by atoms with Gasteiger partial charge in [0.2, 0.25) is 0 Å². The number of carbonyl (C=O) groups excluding carboxylic acids is 1. The molecule has 0 aliphatic carbocycles. The lowest BCUT2D eigenvalue weighted by molar-refractivity contribution is 0.0992. The molecule has 3 aromatic rings. The molecule has 8 heteroatoms. The fourth-order valence-corrected chi connectivity index (χ4v) is 3.48. The zero-order chi connectivity index (χ0) is 15.1. The van der Waals surface area contributed by atoms with Gasteiger partial charge in [-0.2, -0.15) is 10.1 Å². The van der Waals surface area contributed by atoms with Gasteiger partial charge in [-0.15, -0.1) is 0 Å². The molecule has 0 saturated heterocycles. The van der Waals surface area contributed by atoms with Crippen LogP contribution in [-0.4, -0.2) is 20.3 Å². The molecule has 0 atom stereocenters. The Balaban J connectivity index is 2.17. The molecular weight excluding hydrogens is 331 g/mol. The van der Waals surface area contributed by atoms with E-state index in [4.69, 9.17) is 23.2 Å². The van der Waals surface area contributed by atoms with Crippen LogP contribution in [0.2, 0.25) is 10.0 Å². The molecule has 0 fully saturated rings. The van der Waals surface area contributed by atoms with Crippen LogP contribution in [0.25, 0.3) is 10.2 Å². The van der Waals surface area contributed by atoms with Crippen molar-refractivity contribution in [2.24, 2.45) is 19.1 Å². The molecule has 108 valence electrons. The van der Waals surface area contributed by atoms with Gasteiger partial charge in [0.15, 0.2) is 10.5 Å². The first-order valence-electron chi connectivity index (χ1n) is 5.99. The number of rotatable bonds is 1. The molecule has 0 unspecified atom stereocenters. The summed E-state index contributed by atoms with van der Waals surface area (Å²) in [6, 6.07) is 5.22. The van der Waals surface area contributed by atoms with E-state index in [1.807, 2.05) is 6.07 Å². The number of amides is 1. The highest BCUT2D eigenvalue weighted by molar-refractivity contribution is 7.16. The van der Waals surface area contributed by atoms with Gasteiger partial charge in [0.25, 0.3) is 5.91 Å². The predicted octanol–water partition coefficient (Wildman–Crippen LogP) is 3.02. The number of hydrogen-bond donors (Lipinski definition) is 0. The van der Waals surface area contributed by atoms with E-state index in [-0.39, 0.29) is 5.91 Å². The lowest BCUT2D eigenvalue weighted by atomic mass is 10.3. The number of benzene rings is 1. The first-order chi connectivity index (χ1) is 9.97. The molecule has 0 radical (unpaired) electrons. The molecule has 0 aliphatic heterocycles. The summed E-state index contributed by atoms with van der Waals surface area (Å²) < 4.78 is 4.23. The topological polar surface area (TPSA) is 52.2 Å². The van der Waals surface area contributed by atoms with Crippen LogP contribution >= 0.6 is 34.5 Å². The largest absolute Gasteiger partial charge is 0.318 e. The number of thiazole rings is 1. The van der Waals surface area contributed by atoms with Crippen molar-refractivity contribution in [3.05, 3.63) is 44.9 Å². The van der Waals surface area contributed by atoms with Gasteiger partial charge in [0, 0.05) is 20.3 Å². The Labute approximate surface area is 134 Å². The van der Waals surface area contributed by atoms with Crippen molar-refractivity contribution in [3.63, 3.8) is 0 Å². The van der Waals surface area contributed by atoms with Crippen molar-refractivity contribution in [3.8, 4) is 0 Å². The van der Waals surface area contributed by atoms with Crippen molar-refractivity contribution in [2.45, 2.75) is 0 Å². The molecule has 0 saturated carbocycles. The number of aryl methyl sites for hydroxylation is 2. The molecule has 0 spiro atoms. The summed E-state index contributed by atoms with van der Waals surface area (Å²) in [5.41, 5.74) is 1.07. The van der Waals surface area contributed by atoms with Crippen molar-refractivity contribution in [2.75, 3.05) is 0 Å². The molecule has 1 amide bonds. The van der Waals surface area contributed by atoms with Crippen LogP contribution in [-0.2, 0) is 14.1 Å². The summed E-state index contributed by atoms with van der Waals surface area (Å²) in [4.78, 5) is 16.8. The molecule has 5 nitrogen and oxygen atoms in total. The zero-order valence-electron chi connectivity index (χ0n) is 11.2. The second kappa shape index (κ2) is 5.29. The Morgan fingerprint density at radius 2 is 2.05 bits per heavy atom. The molecular formula is C13H10Cl2N4OS. The van der Waals surface area contributed by atoms with Gasteiger partial charge in [-0.3, -0.25) is 9.48 Å². The molecule has 0 aliphatic rings. The average molecular weight is 341 g/mol. The minimum absolute atomic E-state index is 0.305. The Morgan fingerprint density at radius 3 is 2.71 bits per heavy atom. The molecule has 2 heterocycles. The first-order valence-corrected chi connectivity index (χ1v) is 7.57. The monoisotopic (exact) mass is 340 g/mol. The molecule has 21 heavy (non-hydrogen) atoms. The number of aromatic nitrogens is 3. The smallest absolute Gasteiger partial charge is 0.300 e. The van der Waals surface area contributed by atoms with E-state index >= 15 is 0 Å². The van der Waals surface area contributed by atoms with E-state index in [0.717, 1.165) is 10.2 Å². The highest BCUT2D eigenvalue weighted by Crippen LogP contribution is 2.31. The molecule has 1 aromatic carbocycles. The van der Waals surface area contributed by atoms with Crippen LogP contribution in [0.4, 0.5) is 0 Å². The third-order valence-electron chi connectivity index (χ3n) is 2.99. The van der Waals surface area contributed by atoms with E-state index in [9.17, 15) is 4.79 Å². The third kappa shape index (κ3) is 2.50. The Bertz CT molecular complexity index is 922. The Kier molecular flexibility index (Phi) is 3.61. The second-order valence-corrected chi connectivity index (χ2v) is 6.24. The van der Waals surface area contributed by atoms with E-state index in [0.29, 0.717) is 20.5 Å². The van der Waals surface area contributed by atoms with Gasteiger partial charge in [-0.25, -0.2) is 0 Å². The van der Waals surface area contributed by atoms with Gasteiger partial charge in [0.1, 0.15) is 0 Å². The van der Waals surface area contributed by atoms with Crippen molar-refractivity contribution < 1.29 is 4.79 Å². The summed E-state index contributed by atoms with van der Waals surface area (Å²) in [7, 11) is 3.55. The molecule has 2 aromatic heterocycles. The van der Waals surface area contributed by atoms with E-state index < -0.39 is 0 Å². The van der Waals surface area contributed by atoms with Crippen LogP contribution in [0, 0.1) is 0 Å². The highest BCUT2D eigenvalue weighted by atomic mass is 35.5. The number of carbonyl (C=O) groups is 1. The summed E-state index contributed by atoms with van der Waals surface area (Å²) in [6.07, 6.45) is 1.70. The van der Waals surface area contributed by atoms with Crippen molar-refractivity contribution in [1.82, 2.24) is 14.3 Å². The van der Waals surface area contributed by atoms with Crippen LogP contribution in [0.15, 0.2) is 29.4 Å². The van der Waals surface area contributed by atoms with Gasteiger partial charge >= 0.3 is 0 Å². The molecule has 3 rings (SSSR count). The zero-order valence-corrected chi connectivity index (χ0v) is 13.5. The second-order valence-electron chi connectivity index (χ2n) is 4.44. The Morgan fingerprint density at radius 1 is 1.29 bits per heavy atom. The summed E-state index contributed by atoms with van der Waals surface area (Å²) in [5.74, 6) is -0.389. The highest BCUT2D eigenvalue weighted by Gasteiger charge is 2.12. The van der Waals surface area contributed by atoms with Crippen LogP contribution in [0.5, 0.6) is 0 Å². The van der Waals surface area contributed by atoms with Gasteiger partial charge in [-0.1, -0.05) is 34.5 Å². The van der Waals surface area contributed by atoms with Crippen LogP contribution < -0.4 is 4.80 Å². The fraction of sp³-hybridized carbons (Fsp3) is 0.154. The Hall–Kier alpha value is -1.63. The maximum atomic E-state index is 12.1. The number of hydrogen-bond acceptors (Lipinski definition) is 3. The lowest BCUT2D eigenvalue weighted by Crippen LogP contribution is -2.13. The summed E-state index contributed by atoms with van der Waals surface area (Å²) in [6.45, 7) is 0. The number of fused-ring (bicyclic) bond motifs is 1. The van der Waals surface area contributed by atoms with Crippen LogP contribution in [0.3, 0.4) is 0 Å². The minimum Gasteiger partial charge on any atom is -0.318 e. The lowest BCUT2D eigenvalue weighted by Gasteiger charge is -1.99. The average Bonchev–Trinajstić information content (AvgIpc) is 3.00. The van der Waals surface area contributed by atoms with Gasteiger partial charge in [0.05, 0.1) is 20.3 Å². The van der Waals surface area contributed by atoms with Crippen LogP contribution in [0.1, 0.15) is 10.5 Å². The van der Waals surface area contributed by atoms with Gasteiger partial charge in [-0.05, 0) is 18.2 Å². The van der Waals surface area contributed by atoms with E-state index in [1.54, 1.807) is 41.7 Å². The summed E-state index contributed by atoms with van der Waals surface area (Å²) in [5, 5.41) is 4.97. The summed E-state index contributed by atoms with van der Waals surface area (Å²) >= 11 is 13.6. The first kappa shape index (κ1) is 14.3. The minimum atomic E-state index is -0.389. The van der Waals surface area contributed by atoms with Crippen molar-refractivity contribution >= 4 is 50.7 Å². The number of halogens is 2. The fourth-order valence-electron chi connectivity index (χ4n) is 1.95. The normalized spacial score (nSPS) is 12.3. The van der Waals surface area contributed by atoms with E-state index in [1.165, 1.54) is 11.3 Å². The third-order valence-corrected chi connectivity index (χ3v) is 4.88. The van der Waals surface area contributed by atoms with E-state index in [2.05, 4.69) is 10.1 Å². The maximum Gasteiger partial charge on any atom is 0.300 e. The number of nitrogens with zero attached hydrogens (tertiary/aromatic N) is 4. The predicted molar refractivity (Wildman–Crippen MR) is 83.9 cm³/mol. The SMILES string of the molecule is Cn1ccc(C(=O)N=c2sc3ccc(Cl)c(Cl)c3n2C)n1. The standard InChI is InChI=1S/C13H10Cl2N4OS/c1-18-6-5-8(17-18)12(20)16-13-19(2)11-9(21-13)4-3-7(14)10(11)15/h3-6H,1-2H3. The molecule has 0 bridgehead atoms. The quantitative estimate of drug-likeness (QED) is 0.683.